The molecular weight excluding hydrogens is 257 g/mol. The minimum atomic E-state index is -0.483. The first-order chi connectivity index (χ1) is 8.54. The molecule has 0 unspecified atom stereocenters. The van der Waals surface area contributed by atoms with E-state index in [2.05, 4.69) is 10.4 Å². The van der Waals surface area contributed by atoms with Crippen molar-refractivity contribution >= 4 is 11.6 Å². The molecule has 0 aliphatic rings. The van der Waals surface area contributed by atoms with E-state index < -0.39 is 5.82 Å². The Bertz CT molecular complexity index is 633. The Balaban J connectivity index is 2.54. The van der Waals surface area contributed by atoms with Crippen LogP contribution < -0.4 is 10.9 Å². The average molecular weight is 270 g/mol. The third-order valence-corrected chi connectivity index (χ3v) is 3.06. The number of nitrogens with zero attached hydrogens (tertiary/aromatic N) is 1. The van der Waals surface area contributed by atoms with Gasteiger partial charge in [0.25, 0.3) is 5.56 Å². The van der Waals surface area contributed by atoms with Crippen molar-refractivity contribution in [2.75, 3.05) is 7.05 Å². The lowest BCUT2D eigenvalue weighted by Crippen LogP contribution is -2.14. The number of halogens is 2. The van der Waals surface area contributed by atoms with Crippen molar-refractivity contribution in [2.24, 2.45) is 0 Å². The van der Waals surface area contributed by atoms with Crippen LogP contribution in [0.3, 0.4) is 0 Å². The molecule has 0 saturated carbocycles. The molecule has 0 radical (unpaired) electrons. The molecule has 96 valence electrons. The second-order valence-electron chi connectivity index (χ2n) is 3.97. The molecule has 18 heavy (non-hydrogen) atoms. The maximum Gasteiger partial charge on any atom is 0.269 e. The molecule has 0 aliphatic heterocycles. The molecular formula is C12H13ClFN3O. The number of benzene rings is 1. The maximum atomic E-state index is 13.1. The van der Waals surface area contributed by atoms with E-state index in [9.17, 15) is 9.18 Å². The van der Waals surface area contributed by atoms with E-state index in [1.54, 1.807) is 17.8 Å². The molecule has 2 N–H and O–H groups in total. The van der Waals surface area contributed by atoms with E-state index in [-0.39, 0.29) is 10.6 Å². The summed E-state index contributed by atoms with van der Waals surface area (Å²) in [5, 5.41) is 5.66. The summed E-state index contributed by atoms with van der Waals surface area (Å²) in [6.07, 6.45) is 0. The molecule has 0 fully saturated rings. The summed E-state index contributed by atoms with van der Waals surface area (Å²) in [7, 11) is 1.77. The van der Waals surface area contributed by atoms with Crippen molar-refractivity contribution in [1.29, 1.82) is 0 Å². The lowest BCUT2D eigenvalue weighted by Gasteiger charge is -2.07. The molecule has 1 aromatic heterocycles. The Hall–Kier alpha value is -1.59. The van der Waals surface area contributed by atoms with Crippen molar-refractivity contribution < 1.29 is 4.39 Å². The standard InChI is InChI=1S/C12H13ClFN3O/c1-7-9(6-15-2)12(18)16-17(7)8-3-4-11(14)10(13)5-8/h3-5,15H,6H2,1-2H3,(H,16,18). The Morgan fingerprint density at radius 3 is 2.83 bits per heavy atom. The number of H-pyrrole nitrogens is 1. The largest absolute Gasteiger partial charge is 0.315 e. The molecule has 6 heteroatoms. The van der Waals surface area contributed by atoms with Gasteiger partial charge in [0.2, 0.25) is 0 Å². The van der Waals surface area contributed by atoms with E-state index in [1.165, 1.54) is 12.1 Å². The third-order valence-electron chi connectivity index (χ3n) is 2.77. The number of nitrogens with one attached hydrogen (secondary N) is 2. The van der Waals surface area contributed by atoms with Crippen LogP contribution in [0.2, 0.25) is 5.02 Å². The number of rotatable bonds is 3. The van der Waals surface area contributed by atoms with Crippen LogP contribution in [0.15, 0.2) is 23.0 Å². The minimum absolute atomic E-state index is 0.0246. The van der Waals surface area contributed by atoms with Crippen molar-refractivity contribution in [1.82, 2.24) is 15.1 Å². The third kappa shape index (κ3) is 2.19. The number of hydrogen-bond donors (Lipinski definition) is 2. The van der Waals surface area contributed by atoms with Gasteiger partial charge in [0, 0.05) is 12.2 Å². The molecule has 0 atom stereocenters. The van der Waals surface area contributed by atoms with Crippen LogP contribution in [-0.4, -0.2) is 16.8 Å². The molecule has 1 heterocycles. The second kappa shape index (κ2) is 4.96. The van der Waals surface area contributed by atoms with E-state index >= 15 is 0 Å². The highest BCUT2D eigenvalue weighted by Gasteiger charge is 2.12. The highest BCUT2D eigenvalue weighted by molar-refractivity contribution is 6.30. The van der Waals surface area contributed by atoms with Gasteiger partial charge in [-0.15, -0.1) is 0 Å². The van der Waals surface area contributed by atoms with E-state index in [1.807, 2.05) is 6.92 Å². The molecule has 0 spiro atoms. The van der Waals surface area contributed by atoms with Crippen molar-refractivity contribution in [3.63, 3.8) is 0 Å². The Morgan fingerprint density at radius 1 is 1.50 bits per heavy atom. The van der Waals surface area contributed by atoms with Crippen molar-refractivity contribution in [3.05, 3.63) is 50.7 Å². The van der Waals surface area contributed by atoms with E-state index in [4.69, 9.17) is 11.6 Å². The summed E-state index contributed by atoms with van der Waals surface area (Å²) in [5.74, 6) is -0.483. The van der Waals surface area contributed by atoms with Crippen molar-refractivity contribution in [2.45, 2.75) is 13.5 Å². The highest BCUT2D eigenvalue weighted by Crippen LogP contribution is 2.19. The van der Waals surface area contributed by atoms with Crippen LogP contribution in [-0.2, 0) is 6.54 Å². The van der Waals surface area contributed by atoms with Crippen LogP contribution in [0, 0.1) is 12.7 Å². The normalized spacial score (nSPS) is 10.9. The maximum absolute atomic E-state index is 13.1. The summed E-state index contributed by atoms with van der Waals surface area (Å²) in [6, 6.07) is 4.31. The van der Waals surface area contributed by atoms with Gasteiger partial charge >= 0.3 is 0 Å². The number of aromatic amines is 1. The first-order valence-electron chi connectivity index (χ1n) is 5.45. The van der Waals surface area contributed by atoms with Crippen molar-refractivity contribution in [3.8, 4) is 5.69 Å². The fraction of sp³-hybridized carbons (Fsp3) is 0.250. The zero-order valence-electron chi connectivity index (χ0n) is 10.1. The summed E-state index contributed by atoms with van der Waals surface area (Å²) in [6.45, 7) is 2.30. The fourth-order valence-electron chi connectivity index (χ4n) is 1.82. The summed E-state index contributed by atoms with van der Waals surface area (Å²) < 4.78 is 14.7. The van der Waals surface area contributed by atoms with E-state index in [0.29, 0.717) is 17.8 Å². The summed E-state index contributed by atoms with van der Waals surface area (Å²) in [4.78, 5) is 11.8. The van der Waals surface area contributed by atoms with Crippen LogP contribution in [0.5, 0.6) is 0 Å². The monoisotopic (exact) mass is 269 g/mol. The molecule has 2 rings (SSSR count). The van der Waals surface area contributed by atoms with Gasteiger partial charge in [-0.25, -0.2) is 4.39 Å². The van der Waals surface area contributed by atoms with Gasteiger partial charge in [-0.2, -0.15) is 0 Å². The number of hydrogen-bond acceptors (Lipinski definition) is 2. The summed E-state index contributed by atoms with van der Waals surface area (Å²) >= 11 is 5.73. The molecule has 0 aliphatic carbocycles. The second-order valence-corrected chi connectivity index (χ2v) is 4.38. The molecule has 0 saturated heterocycles. The molecule has 0 amide bonds. The SMILES string of the molecule is CNCc1c(C)n(-c2ccc(F)c(Cl)c2)[nH]c1=O. The predicted octanol–water partition coefficient (Wildman–Crippen LogP) is 1.99. The molecule has 4 nitrogen and oxygen atoms in total. The van der Waals surface area contributed by atoms with Gasteiger partial charge in [-0.3, -0.25) is 14.6 Å². The van der Waals surface area contributed by atoms with Gasteiger partial charge in [0.15, 0.2) is 0 Å². The average Bonchev–Trinajstić information content (AvgIpc) is 2.61. The first kappa shape index (κ1) is 12.9. The summed E-state index contributed by atoms with van der Waals surface area (Å²) in [5.41, 5.74) is 1.88. The number of aromatic nitrogens is 2. The predicted molar refractivity (Wildman–Crippen MR) is 68.9 cm³/mol. The zero-order chi connectivity index (χ0) is 13.3. The van der Waals surface area contributed by atoms with E-state index in [0.717, 1.165) is 5.69 Å². The Kier molecular flexibility index (Phi) is 3.54. The van der Waals surface area contributed by atoms with Gasteiger partial charge in [0.1, 0.15) is 5.82 Å². The lowest BCUT2D eigenvalue weighted by atomic mass is 10.2. The Labute approximate surface area is 108 Å². The lowest BCUT2D eigenvalue weighted by molar-refractivity contribution is 0.627. The van der Waals surface area contributed by atoms with Crippen LogP contribution in [0.1, 0.15) is 11.3 Å². The smallest absolute Gasteiger partial charge is 0.269 e. The first-order valence-corrected chi connectivity index (χ1v) is 5.83. The van der Waals surface area contributed by atoms with Gasteiger partial charge in [-0.1, -0.05) is 11.6 Å². The fourth-order valence-corrected chi connectivity index (χ4v) is 1.99. The van der Waals surface area contributed by atoms with Crippen LogP contribution >= 0.6 is 11.6 Å². The Morgan fingerprint density at radius 2 is 2.22 bits per heavy atom. The van der Waals surface area contributed by atoms with Gasteiger partial charge < -0.3 is 5.32 Å². The van der Waals surface area contributed by atoms with Gasteiger partial charge in [-0.05, 0) is 32.2 Å². The quantitative estimate of drug-likeness (QED) is 0.895. The van der Waals surface area contributed by atoms with Crippen LogP contribution in [0.25, 0.3) is 5.69 Å². The minimum Gasteiger partial charge on any atom is -0.315 e. The molecule has 1 aromatic carbocycles. The topological polar surface area (TPSA) is 49.8 Å². The highest BCUT2D eigenvalue weighted by atomic mass is 35.5. The zero-order valence-corrected chi connectivity index (χ0v) is 10.8. The van der Waals surface area contributed by atoms with Gasteiger partial charge in [0.05, 0.1) is 16.3 Å². The van der Waals surface area contributed by atoms with Crippen LogP contribution in [0.4, 0.5) is 4.39 Å². The molecule has 2 aromatic rings. The molecule has 0 bridgehead atoms.